The molecule has 2 aromatic carbocycles. The van der Waals surface area contributed by atoms with Crippen LogP contribution in [0, 0.1) is 0 Å². The van der Waals surface area contributed by atoms with Crippen LogP contribution in [0.1, 0.15) is 0 Å². The van der Waals surface area contributed by atoms with Crippen molar-refractivity contribution in [1.29, 1.82) is 0 Å². The van der Waals surface area contributed by atoms with Crippen molar-refractivity contribution in [2.24, 2.45) is 0 Å². The lowest BCUT2D eigenvalue weighted by Gasteiger charge is -2.17. The highest BCUT2D eigenvalue weighted by Gasteiger charge is 2.11. The third-order valence-corrected chi connectivity index (χ3v) is 5.55. The molecule has 0 heterocycles. The number of hydrogen-bond acceptors (Lipinski definition) is 1. The van der Waals surface area contributed by atoms with E-state index in [0.29, 0.717) is 0 Å². The molecule has 0 spiro atoms. The first kappa shape index (κ1) is 11.7. The molecule has 0 amide bonds. The Bertz CT molecular complexity index is 374. The van der Waals surface area contributed by atoms with Crippen LogP contribution in [0.2, 0.25) is 0 Å². The normalized spacial score (nSPS) is 10.6. The van der Waals surface area contributed by atoms with E-state index in [-0.39, 0.29) is 7.92 Å². The number of rotatable bonds is 4. The molecule has 0 atom stereocenters. The molecule has 2 aromatic rings. The van der Waals surface area contributed by atoms with E-state index in [4.69, 9.17) is 0 Å². The van der Waals surface area contributed by atoms with Crippen molar-refractivity contribution >= 4 is 31.2 Å². The SMILES string of the molecule is SCCP(c1ccccc1)c1ccccc1. The summed E-state index contributed by atoms with van der Waals surface area (Å²) in [7, 11) is -0.227. The van der Waals surface area contributed by atoms with Crippen LogP contribution in [-0.4, -0.2) is 11.9 Å². The van der Waals surface area contributed by atoms with E-state index in [9.17, 15) is 0 Å². The van der Waals surface area contributed by atoms with Crippen LogP contribution in [0.25, 0.3) is 0 Å². The third kappa shape index (κ3) is 2.87. The standard InChI is InChI=1S/C14H15PS/c16-12-11-15(13-7-3-1-4-8-13)14-9-5-2-6-10-14/h1-10,16H,11-12H2. The van der Waals surface area contributed by atoms with Crippen molar-refractivity contribution in [3.8, 4) is 0 Å². The minimum atomic E-state index is -0.227. The summed E-state index contributed by atoms with van der Waals surface area (Å²) < 4.78 is 0. The van der Waals surface area contributed by atoms with E-state index in [1.54, 1.807) is 0 Å². The summed E-state index contributed by atoms with van der Waals surface area (Å²) in [4.78, 5) is 0. The molecule has 2 heteroatoms. The summed E-state index contributed by atoms with van der Waals surface area (Å²) in [6, 6.07) is 21.5. The average Bonchev–Trinajstić information content (AvgIpc) is 2.38. The van der Waals surface area contributed by atoms with Crippen LogP contribution in [0.5, 0.6) is 0 Å². The van der Waals surface area contributed by atoms with Gasteiger partial charge in [0, 0.05) is 0 Å². The lowest BCUT2D eigenvalue weighted by molar-refractivity contribution is 1.54. The van der Waals surface area contributed by atoms with Crippen molar-refractivity contribution in [2.45, 2.75) is 0 Å². The number of thiol groups is 1. The molecule has 0 unspecified atom stereocenters. The van der Waals surface area contributed by atoms with E-state index in [2.05, 4.69) is 73.3 Å². The molecule has 0 fully saturated rings. The Balaban J connectivity index is 2.31. The first-order chi connectivity index (χ1) is 7.92. The van der Waals surface area contributed by atoms with Gasteiger partial charge in [0.05, 0.1) is 0 Å². The Kier molecular flexibility index (Phi) is 4.44. The molecule has 0 saturated carbocycles. The maximum Gasteiger partial charge on any atom is -0.00525 e. The van der Waals surface area contributed by atoms with Gasteiger partial charge in [0.2, 0.25) is 0 Å². The van der Waals surface area contributed by atoms with Crippen LogP contribution in [0.3, 0.4) is 0 Å². The van der Waals surface area contributed by atoms with Crippen molar-refractivity contribution in [3.63, 3.8) is 0 Å². The van der Waals surface area contributed by atoms with E-state index in [1.165, 1.54) is 10.6 Å². The minimum Gasteiger partial charge on any atom is -0.179 e. The fraction of sp³-hybridized carbons (Fsp3) is 0.143. The van der Waals surface area contributed by atoms with Gasteiger partial charge in [-0.3, -0.25) is 0 Å². The molecule has 0 aromatic heterocycles. The van der Waals surface area contributed by atoms with E-state index >= 15 is 0 Å². The van der Waals surface area contributed by atoms with Gasteiger partial charge in [-0.05, 0) is 30.4 Å². The molecule has 0 aliphatic rings. The van der Waals surface area contributed by atoms with E-state index in [0.717, 1.165) is 11.9 Å². The van der Waals surface area contributed by atoms with Gasteiger partial charge in [-0.25, -0.2) is 0 Å². The monoisotopic (exact) mass is 246 g/mol. The maximum atomic E-state index is 4.38. The second-order valence-electron chi connectivity index (χ2n) is 3.55. The molecule has 0 aliphatic heterocycles. The van der Waals surface area contributed by atoms with Crippen LogP contribution in [-0.2, 0) is 0 Å². The lowest BCUT2D eigenvalue weighted by Crippen LogP contribution is -2.14. The van der Waals surface area contributed by atoms with E-state index < -0.39 is 0 Å². The smallest absolute Gasteiger partial charge is 0.00525 e. The largest absolute Gasteiger partial charge is 0.179 e. The Morgan fingerprint density at radius 2 is 1.19 bits per heavy atom. The van der Waals surface area contributed by atoms with Crippen molar-refractivity contribution < 1.29 is 0 Å². The summed E-state index contributed by atoms with van der Waals surface area (Å²) in [6.07, 6.45) is 1.15. The molecule has 0 bridgehead atoms. The van der Waals surface area contributed by atoms with Crippen LogP contribution in [0.4, 0.5) is 0 Å². The Hall–Kier alpha value is -0.780. The molecule has 2 rings (SSSR count). The number of benzene rings is 2. The average molecular weight is 246 g/mol. The zero-order valence-electron chi connectivity index (χ0n) is 9.08. The quantitative estimate of drug-likeness (QED) is 0.622. The van der Waals surface area contributed by atoms with Gasteiger partial charge in [-0.2, -0.15) is 12.6 Å². The third-order valence-electron chi connectivity index (χ3n) is 2.46. The zero-order chi connectivity index (χ0) is 11.2. The molecule has 0 N–H and O–H groups in total. The predicted octanol–water partition coefficient (Wildman–Crippen LogP) is 3.05. The summed E-state index contributed by atoms with van der Waals surface area (Å²) >= 11 is 4.38. The topological polar surface area (TPSA) is 0 Å². The van der Waals surface area contributed by atoms with Crippen LogP contribution in [0.15, 0.2) is 60.7 Å². The van der Waals surface area contributed by atoms with Crippen molar-refractivity contribution in [3.05, 3.63) is 60.7 Å². The lowest BCUT2D eigenvalue weighted by atomic mass is 10.4. The van der Waals surface area contributed by atoms with Gasteiger partial charge < -0.3 is 0 Å². The summed E-state index contributed by atoms with van der Waals surface area (Å²) in [5.41, 5.74) is 0. The maximum absolute atomic E-state index is 4.38. The summed E-state index contributed by atoms with van der Waals surface area (Å²) in [5.74, 6) is 0.940. The fourth-order valence-corrected chi connectivity index (χ4v) is 4.40. The molecule has 0 aliphatic carbocycles. The van der Waals surface area contributed by atoms with Gasteiger partial charge in [-0.1, -0.05) is 60.7 Å². The first-order valence-corrected chi connectivity index (χ1v) is 7.56. The van der Waals surface area contributed by atoms with Gasteiger partial charge >= 0.3 is 0 Å². The molecular formula is C14H15PS. The van der Waals surface area contributed by atoms with Gasteiger partial charge in [-0.15, -0.1) is 0 Å². The second kappa shape index (κ2) is 6.08. The summed E-state index contributed by atoms with van der Waals surface area (Å²) in [6.45, 7) is 0. The Morgan fingerprint density at radius 3 is 1.56 bits per heavy atom. The second-order valence-corrected chi connectivity index (χ2v) is 6.33. The Morgan fingerprint density at radius 1 is 0.750 bits per heavy atom. The van der Waals surface area contributed by atoms with Crippen molar-refractivity contribution in [2.75, 3.05) is 11.9 Å². The fourth-order valence-electron chi connectivity index (χ4n) is 1.72. The van der Waals surface area contributed by atoms with Crippen molar-refractivity contribution in [1.82, 2.24) is 0 Å². The van der Waals surface area contributed by atoms with E-state index in [1.807, 2.05) is 0 Å². The molecule has 0 radical (unpaired) electrons. The molecule has 0 nitrogen and oxygen atoms in total. The summed E-state index contributed by atoms with van der Waals surface area (Å²) in [5, 5.41) is 2.88. The molecular weight excluding hydrogens is 231 g/mol. The predicted molar refractivity (Wildman–Crippen MR) is 77.8 cm³/mol. The van der Waals surface area contributed by atoms with Gasteiger partial charge in [0.15, 0.2) is 0 Å². The van der Waals surface area contributed by atoms with Gasteiger partial charge in [0.25, 0.3) is 0 Å². The molecule has 82 valence electrons. The minimum absolute atomic E-state index is 0.227. The molecule has 16 heavy (non-hydrogen) atoms. The Labute approximate surface area is 104 Å². The van der Waals surface area contributed by atoms with Crippen LogP contribution < -0.4 is 10.6 Å². The first-order valence-electron chi connectivity index (χ1n) is 5.40. The highest BCUT2D eigenvalue weighted by Crippen LogP contribution is 2.32. The highest BCUT2D eigenvalue weighted by molar-refractivity contribution is 7.81. The zero-order valence-corrected chi connectivity index (χ0v) is 10.9. The van der Waals surface area contributed by atoms with Gasteiger partial charge in [0.1, 0.15) is 0 Å². The van der Waals surface area contributed by atoms with Crippen LogP contribution >= 0.6 is 20.6 Å². The molecule has 0 saturated heterocycles. The number of hydrogen-bond donors (Lipinski definition) is 1. The highest BCUT2D eigenvalue weighted by atomic mass is 32.1.